The van der Waals surface area contributed by atoms with Gasteiger partial charge in [-0.15, -0.1) is 0 Å². The summed E-state index contributed by atoms with van der Waals surface area (Å²) in [5.41, 5.74) is 1.70. The van der Waals surface area contributed by atoms with E-state index in [2.05, 4.69) is 10.6 Å². The highest BCUT2D eigenvalue weighted by Gasteiger charge is 2.09. The Bertz CT molecular complexity index is 827. The van der Waals surface area contributed by atoms with Gasteiger partial charge in [0.1, 0.15) is 0 Å². The third kappa shape index (κ3) is 7.68. The van der Waals surface area contributed by atoms with Crippen molar-refractivity contribution in [1.82, 2.24) is 10.6 Å². The summed E-state index contributed by atoms with van der Waals surface area (Å²) in [5, 5.41) is 5.80. The predicted octanol–water partition coefficient (Wildman–Crippen LogP) is 2.52. The van der Waals surface area contributed by atoms with Crippen molar-refractivity contribution in [3.8, 4) is 23.0 Å². The second-order valence-electron chi connectivity index (χ2n) is 7.14. The van der Waals surface area contributed by atoms with Crippen molar-refractivity contribution in [1.29, 1.82) is 0 Å². The fourth-order valence-corrected chi connectivity index (χ4v) is 3.18. The van der Waals surface area contributed by atoms with Gasteiger partial charge in [-0.1, -0.05) is 12.1 Å². The Hall–Kier alpha value is -3.42. The predicted molar refractivity (Wildman–Crippen MR) is 122 cm³/mol. The Kier molecular flexibility index (Phi) is 10.2. The first-order valence-corrected chi connectivity index (χ1v) is 10.5. The molecule has 2 aromatic carbocycles. The van der Waals surface area contributed by atoms with Crippen LogP contribution >= 0.6 is 0 Å². The van der Waals surface area contributed by atoms with Crippen LogP contribution in [0.3, 0.4) is 0 Å². The molecule has 0 bridgehead atoms. The summed E-state index contributed by atoms with van der Waals surface area (Å²) in [7, 11) is 6.27. The van der Waals surface area contributed by atoms with E-state index in [9.17, 15) is 9.59 Å². The molecule has 8 heteroatoms. The molecule has 0 radical (unpaired) electrons. The van der Waals surface area contributed by atoms with Crippen molar-refractivity contribution in [3.05, 3.63) is 47.5 Å². The van der Waals surface area contributed by atoms with Gasteiger partial charge >= 0.3 is 0 Å². The molecule has 0 unspecified atom stereocenters. The summed E-state index contributed by atoms with van der Waals surface area (Å²) in [6.45, 7) is 1.11. The molecule has 174 valence electrons. The average Bonchev–Trinajstić information content (AvgIpc) is 2.80. The third-order valence-electron chi connectivity index (χ3n) is 4.87. The van der Waals surface area contributed by atoms with Crippen molar-refractivity contribution >= 4 is 11.8 Å². The molecule has 32 heavy (non-hydrogen) atoms. The molecular formula is C24H32N2O6. The molecule has 0 saturated carbocycles. The Balaban J connectivity index is 1.63. The molecule has 2 amide bonds. The molecule has 0 saturated heterocycles. The Morgan fingerprint density at radius 2 is 1.00 bits per heavy atom. The van der Waals surface area contributed by atoms with Gasteiger partial charge in [0, 0.05) is 13.1 Å². The molecule has 0 heterocycles. The summed E-state index contributed by atoms with van der Waals surface area (Å²) >= 11 is 0. The van der Waals surface area contributed by atoms with E-state index in [-0.39, 0.29) is 24.7 Å². The molecule has 0 aliphatic heterocycles. The Morgan fingerprint density at radius 1 is 0.625 bits per heavy atom. The van der Waals surface area contributed by atoms with Gasteiger partial charge in [-0.25, -0.2) is 0 Å². The van der Waals surface area contributed by atoms with Gasteiger partial charge in [0.2, 0.25) is 11.8 Å². The normalized spacial score (nSPS) is 10.2. The molecule has 0 aliphatic carbocycles. The van der Waals surface area contributed by atoms with E-state index in [1.54, 1.807) is 52.7 Å². The van der Waals surface area contributed by atoms with E-state index in [0.29, 0.717) is 36.1 Å². The maximum Gasteiger partial charge on any atom is 0.224 e. The number of rotatable bonds is 13. The summed E-state index contributed by atoms with van der Waals surface area (Å²) in [5.74, 6) is 2.34. The van der Waals surface area contributed by atoms with Crippen LogP contribution in [-0.2, 0) is 22.4 Å². The first-order valence-electron chi connectivity index (χ1n) is 10.5. The van der Waals surface area contributed by atoms with Gasteiger partial charge in [-0.2, -0.15) is 0 Å². The lowest BCUT2D eigenvalue weighted by Crippen LogP contribution is -2.28. The number of hydrogen-bond donors (Lipinski definition) is 2. The molecule has 0 spiro atoms. The van der Waals surface area contributed by atoms with Crippen molar-refractivity contribution in [3.63, 3.8) is 0 Å². The van der Waals surface area contributed by atoms with Crippen LogP contribution in [0.2, 0.25) is 0 Å². The number of carbonyl (C=O) groups excluding carboxylic acids is 2. The van der Waals surface area contributed by atoms with Gasteiger partial charge < -0.3 is 29.6 Å². The van der Waals surface area contributed by atoms with Crippen LogP contribution in [-0.4, -0.2) is 53.3 Å². The van der Waals surface area contributed by atoms with E-state index in [1.165, 1.54) is 0 Å². The summed E-state index contributed by atoms with van der Waals surface area (Å²) in [6.07, 6.45) is 2.08. The highest BCUT2D eigenvalue weighted by atomic mass is 16.5. The Labute approximate surface area is 189 Å². The van der Waals surface area contributed by atoms with Crippen LogP contribution in [0.4, 0.5) is 0 Å². The molecular weight excluding hydrogens is 412 g/mol. The number of hydrogen-bond acceptors (Lipinski definition) is 6. The van der Waals surface area contributed by atoms with Gasteiger partial charge in [0.15, 0.2) is 23.0 Å². The minimum Gasteiger partial charge on any atom is -0.493 e. The summed E-state index contributed by atoms with van der Waals surface area (Å²) in [6, 6.07) is 10.8. The van der Waals surface area contributed by atoms with Crippen molar-refractivity contribution < 1.29 is 28.5 Å². The van der Waals surface area contributed by atoms with E-state index in [1.807, 2.05) is 12.1 Å². The van der Waals surface area contributed by atoms with Crippen molar-refractivity contribution in [2.45, 2.75) is 25.7 Å². The van der Waals surface area contributed by atoms with E-state index < -0.39 is 0 Å². The maximum atomic E-state index is 12.1. The zero-order valence-electron chi connectivity index (χ0n) is 19.2. The van der Waals surface area contributed by atoms with Gasteiger partial charge in [-0.3, -0.25) is 9.59 Å². The van der Waals surface area contributed by atoms with Crippen molar-refractivity contribution in [2.75, 3.05) is 41.5 Å². The SMILES string of the molecule is COc1ccc(CC(=O)NCCCCNC(=O)Cc2ccc(OC)c(OC)c2)cc1OC. The topological polar surface area (TPSA) is 95.1 Å². The molecule has 8 nitrogen and oxygen atoms in total. The highest BCUT2D eigenvalue weighted by molar-refractivity contribution is 5.79. The third-order valence-corrected chi connectivity index (χ3v) is 4.87. The molecule has 2 aromatic rings. The lowest BCUT2D eigenvalue weighted by molar-refractivity contribution is -0.121. The second kappa shape index (κ2) is 13.1. The second-order valence-corrected chi connectivity index (χ2v) is 7.14. The monoisotopic (exact) mass is 444 g/mol. The van der Waals surface area contributed by atoms with Gasteiger partial charge in [0.05, 0.1) is 41.3 Å². The number of ether oxygens (including phenoxy) is 4. The van der Waals surface area contributed by atoms with Gasteiger partial charge in [-0.05, 0) is 48.2 Å². The minimum absolute atomic E-state index is 0.0605. The zero-order chi connectivity index (χ0) is 23.3. The molecule has 2 N–H and O–H groups in total. The maximum absolute atomic E-state index is 12.1. The Morgan fingerprint density at radius 3 is 1.34 bits per heavy atom. The lowest BCUT2D eigenvalue weighted by Gasteiger charge is -2.10. The van der Waals surface area contributed by atoms with E-state index >= 15 is 0 Å². The standard InChI is InChI=1S/C24H32N2O6/c1-29-19-9-7-17(13-21(19)31-3)15-23(27)25-11-5-6-12-26-24(28)16-18-8-10-20(30-2)22(14-18)32-4/h7-10,13-14H,5-6,11-12,15-16H2,1-4H3,(H,25,27)(H,26,28). The fourth-order valence-electron chi connectivity index (χ4n) is 3.18. The van der Waals surface area contributed by atoms with E-state index in [0.717, 1.165) is 24.0 Å². The molecule has 0 fully saturated rings. The van der Waals surface area contributed by atoms with Gasteiger partial charge in [0.25, 0.3) is 0 Å². The zero-order valence-corrected chi connectivity index (χ0v) is 19.2. The van der Waals surface area contributed by atoms with Crippen LogP contribution in [0.1, 0.15) is 24.0 Å². The minimum atomic E-state index is -0.0605. The van der Waals surface area contributed by atoms with Crippen LogP contribution < -0.4 is 29.6 Å². The molecule has 0 atom stereocenters. The smallest absolute Gasteiger partial charge is 0.224 e. The number of carbonyl (C=O) groups is 2. The first-order chi connectivity index (χ1) is 15.5. The number of nitrogens with one attached hydrogen (secondary N) is 2. The molecule has 2 rings (SSSR count). The summed E-state index contributed by atoms with van der Waals surface area (Å²) < 4.78 is 20.9. The average molecular weight is 445 g/mol. The van der Waals surface area contributed by atoms with Crippen LogP contribution in [0.25, 0.3) is 0 Å². The summed E-state index contributed by atoms with van der Waals surface area (Å²) in [4.78, 5) is 24.3. The molecule has 0 aromatic heterocycles. The first kappa shape index (κ1) is 24.8. The van der Waals surface area contributed by atoms with Crippen LogP contribution in [0.15, 0.2) is 36.4 Å². The largest absolute Gasteiger partial charge is 0.493 e. The fraction of sp³-hybridized carbons (Fsp3) is 0.417. The quantitative estimate of drug-likeness (QED) is 0.461. The van der Waals surface area contributed by atoms with E-state index in [4.69, 9.17) is 18.9 Å². The molecule has 0 aliphatic rings. The number of unbranched alkanes of at least 4 members (excludes halogenated alkanes) is 1. The number of amides is 2. The highest BCUT2D eigenvalue weighted by Crippen LogP contribution is 2.28. The van der Waals surface area contributed by atoms with Crippen LogP contribution in [0, 0.1) is 0 Å². The van der Waals surface area contributed by atoms with Crippen LogP contribution in [0.5, 0.6) is 23.0 Å². The number of benzene rings is 2. The number of methoxy groups -OCH3 is 4. The van der Waals surface area contributed by atoms with Crippen molar-refractivity contribution in [2.24, 2.45) is 0 Å². The lowest BCUT2D eigenvalue weighted by atomic mass is 10.1.